The number of amides is 1. The van der Waals surface area contributed by atoms with Crippen LogP contribution in [0.1, 0.15) is 6.42 Å². The van der Waals surface area contributed by atoms with Crippen molar-refractivity contribution in [3.05, 3.63) is 0 Å². The average molecular weight is 260 g/mol. The molecule has 0 bridgehead atoms. The Morgan fingerprint density at radius 2 is 2.18 bits per heavy atom. The molecule has 0 aliphatic carbocycles. The number of hydrogen-bond donors (Lipinski definition) is 2. The number of rotatable bonds is 7. The number of carbonyl (C=O) groups is 3. The molecule has 0 saturated carbocycles. The number of nitrogens with one attached hydrogen (secondary N) is 1. The van der Waals surface area contributed by atoms with E-state index in [2.05, 4.69) is 10.1 Å². The lowest BCUT2D eigenvalue weighted by Gasteiger charge is -2.12. The maximum Gasteiger partial charge on any atom is 0.326 e. The number of aliphatic carboxylic acids is 1. The molecule has 0 heterocycles. The van der Waals surface area contributed by atoms with Gasteiger partial charge >= 0.3 is 11.9 Å². The Balaban J connectivity index is 4.17. The van der Waals surface area contributed by atoms with Crippen molar-refractivity contribution >= 4 is 29.6 Å². The number of thioether (sulfide) groups is 1. The van der Waals surface area contributed by atoms with Gasteiger partial charge in [-0.25, -0.2) is 4.79 Å². The number of carboxylic acid groups (broad SMARTS) is 1. The first-order chi connectivity index (χ1) is 8.01. The number of esters is 1. The Morgan fingerprint density at radius 3 is 2.65 bits per heavy atom. The van der Waals surface area contributed by atoms with E-state index in [-0.39, 0.29) is 11.5 Å². The first kappa shape index (κ1) is 15.2. The molecule has 7 nitrogen and oxygen atoms in total. The van der Waals surface area contributed by atoms with Crippen LogP contribution < -0.4 is 5.32 Å². The van der Waals surface area contributed by atoms with Crippen LogP contribution in [0.2, 0.25) is 0 Å². The van der Waals surface area contributed by atoms with E-state index in [0.717, 1.165) is 18.9 Å². The summed E-state index contributed by atoms with van der Waals surface area (Å²) in [5.74, 6) is -2.46. The molecule has 0 saturated heterocycles. The maximum atomic E-state index is 11.2. The minimum Gasteiger partial charge on any atom is -0.480 e. The molecule has 1 amide bonds. The number of carboxylic acids is 1. The normalized spacial score (nSPS) is 11.1. The summed E-state index contributed by atoms with van der Waals surface area (Å²) in [5, 5.41) is 19.2. The summed E-state index contributed by atoms with van der Waals surface area (Å²) in [6, 6.07) is 0.525. The van der Waals surface area contributed by atoms with Gasteiger partial charge in [-0.15, -0.1) is 11.8 Å². The molecule has 0 fully saturated rings. The van der Waals surface area contributed by atoms with Gasteiger partial charge in [0.2, 0.25) is 5.91 Å². The topological polar surface area (TPSA) is 116 Å². The highest BCUT2D eigenvalue weighted by molar-refractivity contribution is 8.00. The van der Waals surface area contributed by atoms with Gasteiger partial charge in [-0.05, 0) is 0 Å². The number of nitrogens with zero attached hydrogens (tertiary/aromatic N) is 1. The molecule has 0 aromatic heterocycles. The SMILES string of the molecule is COC(=O)C[C@H](NC(=O)CSCC#N)C(=O)O. The highest BCUT2D eigenvalue weighted by Gasteiger charge is 2.23. The van der Waals surface area contributed by atoms with E-state index in [0.29, 0.717) is 0 Å². The fourth-order valence-electron chi connectivity index (χ4n) is 0.875. The summed E-state index contributed by atoms with van der Waals surface area (Å²) >= 11 is 1.06. The first-order valence-electron chi connectivity index (χ1n) is 4.55. The quantitative estimate of drug-likeness (QED) is 0.462. The minimum atomic E-state index is -1.31. The van der Waals surface area contributed by atoms with Gasteiger partial charge in [0.1, 0.15) is 6.04 Å². The van der Waals surface area contributed by atoms with Crippen molar-refractivity contribution < 1.29 is 24.2 Å². The van der Waals surface area contributed by atoms with Crippen molar-refractivity contribution in [2.75, 3.05) is 18.6 Å². The highest BCUT2D eigenvalue weighted by atomic mass is 32.2. The van der Waals surface area contributed by atoms with Gasteiger partial charge in [0, 0.05) is 0 Å². The lowest BCUT2D eigenvalue weighted by Crippen LogP contribution is -2.43. The predicted octanol–water partition coefficient (Wildman–Crippen LogP) is -0.624. The molecule has 1 atom stereocenters. The second-order valence-corrected chi connectivity index (χ2v) is 3.88. The predicted molar refractivity (Wildman–Crippen MR) is 59.1 cm³/mol. The summed E-state index contributed by atoms with van der Waals surface area (Å²) in [6.07, 6.45) is -0.430. The van der Waals surface area contributed by atoms with Crippen LogP contribution >= 0.6 is 11.8 Å². The molecule has 2 N–H and O–H groups in total. The third-order valence-electron chi connectivity index (χ3n) is 1.63. The van der Waals surface area contributed by atoms with Crippen molar-refractivity contribution in [2.24, 2.45) is 0 Å². The standard InChI is InChI=1S/C9H12N2O5S/c1-16-8(13)4-6(9(14)15)11-7(12)5-17-3-2-10/h6H,3-5H2,1H3,(H,11,12)(H,14,15)/t6-/m0/s1. The van der Waals surface area contributed by atoms with Gasteiger partial charge in [-0.3, -0.25) is 9.59 Å². The zero-order valence-electron chi connectivity index (χ0n) is 9.13. The third kappa shape index (κ3) is 7.19. The van der Waals surface area contributed by atoms with Crippen LogP contribution in [0, 0.1) is 11.3 Å². The smallest absolute Gasteiger partial charge is 0.326 e. The van der Waals surface area contributed by atoms with Crippen LogP contribution in [0.3, 0.4) is 0 Å². The molecule has 0 aliphatic heterocycles. The van der Waals surface area contributed by atoms with Crippen LogP contribution in [0.25, 0.3) is 0 Å². The van der Waals surface area contributed by atoms with Gasteiger partial charge in [0.05, 0.1) is 31.1 Å². The zero-order chi connectivity index (χ0) is 13.3. The van der Waals surface area contributed by atoms with Gasteiger partial charge in [0.15, 0.2) is 0 Å². The molecule has 0 radical (unpaired) electrons. The van der Waals surface area contributed by atoms with Crippen molar-refractivity contribution in [1.82, 2.24) is 5.32 Å². The zero-order valence-corrected chi connectivity index (χ0v) is 9.95. The van der Waals surface area contributed by atoms with Gasteiger partial charge < -0.3 is 15.2 Å². The molecule has 0 spiro atoms. The summed E-state index contributed by atoms with van der Waals surface area (Å²) in [7, 11) is 1.13. The Kier molecular flexibility index (Phi) is 7.54. The Morgan fingerprint density at radius 1 is 1.53 bits per heavy atom. The second kappa shape index (κ2) is 8.41. The lowest BCUT2D eigenvalue weighted by molar-refractivity contribution is -0.148. The first-order valence-corrected chi connectivity index (χ1v) is 5.70. The van der Waals surface area contributed by atoms with Crippen LogP contribution in [0.15, 0.2) is 0 Å². The number of hydrogen-bond acceptors (Lipinski definition) is 6. The number of carbonyl (C=O) groups excluding carboxylic acids is 2. The maximum absolute atomic E-state index is 11.2. The molecule has 0 aliphatic rings. The van der Waals surface area contributed by atoms with Gasteiger partial charge in [0.25, 0.3) is 0 Å². The van der Waals surface area contributed by atoms with Crippen LogP contribution in [0.4, 0.5) is 0 Å². The molecular weight excluding hydrogens is 248 g/mol. The Labute approximate surface area is 102 Å². The monoisotopic (exact) mass is 260 g/mol. The third-order valence-corrected chi connectivity index (χ3v) is 2.43. The molecule has 8 heteroatoms. The fraction of sp³-hybridized carbons (Fsp3) is 0.556. The van der Waals surface area contributed by atoms with Crippen LogP contribution in [-0.2, 0) is 19.1 Å². The Hall–Kier alpha value is -1.75. The van der Waals surface area contributed by atoms with E-state index in [1.54, 1.807) is 0 Å². The fourth-order valence-corrected chi connectivity index (χ4v) is 1.34. The van der Waals surface area contributed by atoms with Gasteiger partial charge in [-0.1, -0.05) is 0 Å². The molecule has 0 aromatic rings. The Bertz CT molecular complexity index is 339. The largest absolute Gasteiger partial charge is 0.480 e. The molecule has 0 rings (SSSR count). The summed E-state index contributed by atoms with van der Waals surface area (Å²) in [5.41, 5.74) is 0. The molecule has 17 heavy (non-hydrogen) atoms. The van der Waals surface area contributed by atoms with Crippen molar-refractivity contribution in [1.29, 1.82) is 5.26 Å². The molecular formula is C9H12N2O5S. The van der Waals surface area contributed by atoms with Crippen LogP contribution in [-0.4, -0.2) is 47.6 Å². The van der Waals surface area contributed by atoms with E-state index < -0.39 is 30.3 Å². The highest BCUT2D eigenvalue weighted by Crippen LogP contribution is 2.00. The van der Waals surface area contributed by atoms with Gasteiger partial charge in [-0.2, -0.15) is 5.26 Å². The lowest BCUT2D eigenvalue weighted by atomic mass is 10.2. The summed E-state index contributed by atoms with van der Waals surface area (Å²) in [6.45, 7) is 0. The molecule has 94 valence electrons. The average Bonchev–Trinajstić information content (AvgIpc) is 2.28. The number of ether oxygens (including phenoxy) is 1. The van der Waals surface area contributed by atoms with Crippen molar-refractivity contribution in [2.45, 2.75) is 12.5 Å². The van der Waals surface area contributed by atoms with Crippen molar-refractivity contribution in [3.63, 3.8) is 0 Å². The van der Waals surface area contributed by atoms with Crippen molar-refractivity contribution in [3.8, 4) is 6.07 Å². The molecule has 0 aromatic carbocycles. The minimum absolute atomic E-state index is 0.0293. The van der Waals surface area contributed by atoms with E-state index >= 15 is 0 Å². The summed E-state index contributed by atoms with van der Waals surface area (Å²) < 4.78 is 4.31. The van der Waals surface area contributed by atoms with Crippen LogP contribution in [0.5, 0.6) is 0 Å². The number of methoxy groups -OCH3 is 1. The van der Waals surface area contributed by atoms with E-state index in [4.69, 9.17) is 10.4 Å². The van der Waals surface area contributed by atoms with E-state index in [9.17, 15) is 14.4 Å². The number of nitriles is 1. The second-order valence-electron chi connectivity index (χ2n) is 2.89. The van der Waals surface area contributed by atoms with E-state index in [1.807, 2.05) is 6.07 Å². The van der Waals surface area contributed by atoms with E-state index in [1.165, 1.54) is 0 Å². The summed E-state index contributed by atoms with van der Waals surface area (Å²) in [4.78, 5) is 32.9. The molecule has 0 unspecified atom stereocenters.